The van der Waals surface area contributed by atoms with E-state index in [1.807, 2.05) is 18.2 Å². The maximum absolute atomic E-state index is 5.68. The minimum absolute atomic E-state index is 0.359. The summed E-state index contributed by atoms with van der Waals surface area (Å²) in [4.78, 5) is 10.6. The van der Waals surface area contributed by atoms with E-state index in [1.165, 1.54) is 16.8 Å². The molecule has 4 aromatic rings. The lowest BCUT2D eigenvalue weighted by molar-refractivity contribution is 0.245. The molecule has 2 aromatic carbocycles. The molecule has 0 spiro atoms. The zero-order valence-corrected chi connectivity index (χ0v) is 16.0. The molecule has 1 N–H and O–H groups in total. The van der Waals surface area contributed by atoms with Gasteiger partial charge in [0.25, 0.3) is 0 Å². The van der Waals surface area contributed by atoms with Gasteiger partial charge >= 0.3 is 6.01 Å². The number of benzene rings is 2. The Balaban J connectivity index is 1.27. The van der Waals surface area contributed by atoms with Gasteiger partial charge in [-0.2, -0.15) is 5.10 Å². The molecule has 0 saturated heterocycles. The van der Waals surface area contributed by atoms with E-state index >= 15 is 0 Å². The summed E-state index contributed by atoms with van der Waals surface area (Å²) in [5, 5.41) is 7.82. The molecule has 0 saturated carbocycles. The van der Waals surface area contributed by atoms with Gasteiger partial charge in [0.15, 0.2) is 0 Å². The van der Waals surface area contributed by atoms with Crippen LogP contribution in [0.25, 0.3) is 11.3 Å². The first-order valence-corrected chi connectivity index (χ1v) is 9.73. The van der Waals surface area contributed by atoms with E-state index in [-0.39, 0.29) is 0 Å². The third kappa shape index (κ3) is 3.88. The molecular formula is C23H21N5O. The smallest absolute Gasteiger partial charge is 0.321 e. The Labute approximate surface area is 169 Å². The van der Waals surface area contributed by atoms with Crippen LogP contribution >= 0.6 is 0 Å². The highest BCUT2D eigenvalue weighted by molar-refractivity contribution is 5.64. The molecule has 1 aliphatic heterocycles. The lowest BCUT2D eigenvalue weighted by Gasteiger charge is -2.27. The molecule has 0 atom stereocenters. The first-order chi connectivity index (χ1) is 14.3. The summed E-state index contributed by atoms with van der Waals surface area (Å²) in [7, 11) is 0. The number of fused-ring (bicyclic) bond motifs is 1. The minimum Gasteiger partial charge on any atom is -0.424 e. The van der Waals surface area contributed by atoms with Crippen LogP contribution in [0.1, 0.15) is 16.8 Å². The number of aromatic nitrogens is 4. The van der Waals surface area contributed by atoms with Crippen molar-refractivity contribution in [3.8, 4) is 23.0 Å². The van der Waals surface area contributed by atoms with Crippen LogP contribution in [0.5, 0.6) is 11.8 Å². The maximum Gasteiger partial charge on any atom is 0.321 e. The van der Waals surface area contributed by atoms with E-state index in [0.717, 1.165) is 43.1 Å². The van der Waals surface area contributed by atoms with Crippen molar-refractivity contribution in [2.75, 3.05) is 6.54 Å². The normalized spacial score (nSPS) is 13.8. The molecule has 0 amide bonds. The number of nitrogens with one attached hydrogen (secondary N) is 1. The number of hydrogen-bond acceptors (Lipinski definition) is 5. The van der Waals surface area contributed by atoms with Crippen molar-refractivity contribution in [2.24, 2.45) is 0 Å². The van der Waals surface area contributed by atoms with Gasteiger partial charge in [0.05, 0.1) is 5.69 Å². The van der Waals surface area contributed by atoms with Gasteiger partial charge in [-0.05, 0) is 23.8 Å². The van der Waals surface area contributed by atoms with Crippen LogP contribution in [0.4, 0.5) is 0 Å². The fourth-order valence-electron chi connectivity index (χ4n) is 3.69. The molecular weight excluding hydrogens is 362 g/mol. The minimum atomic E-state index is 0.359. The van der Waals surface area contributed by atoms with E-state index in [1.54, 1.807) is 18.5 Å². The van der Waals surface area contributed by atoms with E-state index in [0.29, 0.717) is 6.01 Å². The summed E-state index contributed by atoms with van der Waals surface area (Å²) < 4.78 is 5.68. The fraction of sp³-hybridized carbons (Fsp3) is 0.174. The summed E-state index contributed by atoms with van der Waals surface area (Å²) in [5.41, 5.74) is 6.04. The largest absolute Gasteiger partial charge is 0.424 e. The molecule has 6 heteroatoms. The molecule has 0 fully saturated rings. The van der Waals surface area contributed by atoms with Gasteiger partial charge in [0, 0.05) is 55.3 Å². The van der Waals surface area contributed by atoms with Gasteiger partial charge in [0.2, 0.25) is 0 Å². The van der Waals surface area contributed by atoms with Crippen LogP contribution in [-0.4, -0.2) is 31.6 Å². The van der Waals surface area contributed by atoms with E-state index in [9.17, 15) is 0 Å². The Bertz CT molecular complexity index is 1080. The monoisotopic (exact) mass is 383 g/mol. The van der Waals surface area contributed by atoms with Crippen molar-refractivity contribution in [3.05, 3.63) is 89.9 Å². The van der Waals surface area contributed by atoms with Gasteiger partial charge in [-0.25, -0.2) is 9.97 Å². The highest BCUT2D eigenvalue weighted by atomic mass is 16.5. The quantitative estimate of drug-likeness (QED) is 0.559. The molecule has 0 radical (unpaired) electrons. The van der Waals surface area contributed by atoms with Gasteiger partial charge in [-0.15, -0.1) is 0 Å². The van der Waals surface area contributed by atoms with E-state index in [2.05, 4.69) is 61.5 Å². The number of aromatic amines is 1. The summed E-state index contributed by atoms with van der Waals surface area (Å²) in [6.07, 6.45) is 4.32. The molecule has 5 rings (SSSR count). The number of ether oxygens (including phenoxy) is 1. The van der Waals surface area contributed by atoms with Gasteiger partial charge in [-0.1, -0.05) is 42.5 Å². The molecule has 0 unspecified atom stereocenters. The zero-order chi connectivity index (χ0) is 19.5. The van der Waals surface area contributed by atoms with Gasteiger partial charge < -0.3 is 4.74 Å². The van der Waals surface area contributed by atoms with Gasteiger partial charge in [0.1, 0.15) is 5.75 Å². The average Bonchev–Trinajstić information content (AvgIpc) is 3.20. The summed E-state index contributed by atoms with van der Waals surface area (Å²) in [5.74, 6) is 0.738. The van der Waals surface area contributed by atoms with Crippen molar-refractivity contribution >= 4 is 0 Å². The Kier molecular flexibility index (Phi) is 4.76. The fourth-order valence-corrected chi connectivity index (χ4v) is 3.69. The van der Waals surface area contributed by atoms with Crippen molar-refractivity contribution in [2.45, 2.75) is 19.5 Å². The standard InChI is InChI=1S/C23H21N5O/c1-2-5-18(6-3-1)22-20-16-28(14-11-21(20)26-27-22)15-17-7-9-19(10-8-17)29-23-24-12-4-13-25-23/h1-10,12-13H,11,14-16H2,(H,26,27). The van der Waals surface area contributed by atoms with Crippen LogP contribution in [0.2, 0.25) is 0 Å². The molecule has 6 nitrogen and oxygen atoms in total. The average molecular weight is 383 g/mol. The van der Waals surface area contributed by atoms with Crippen LogP contribution in [0.3, 0.4) is 0 Å². The highest BCUT2D eigenvalue weighted by Gasteiger charge is 2.22. The number of nitrogens with zero attached hydrogens (tertiary/aromatic N) is 4. The van der Waals surface area contributed by atoms with Crippen LogP contribution in [0.15, 0.2) is 73.1 Å². The highest BCUT2D eigenvalue weighted by Crippen LogP contribution is 2.29. The Hall–Kier alpha value is -3.51. The van der Waals surface area contributed by atoms with E-state index in [4.69, 9.17) is 4.74 Å². The predicted molar refractivity (Wildman–Crippen MR) is 110 cm³/mol. The maximum atomic E-state index is 5.68. The molecule has 0 bridgehead atoms. The molecule has 1 aliphatic rings. The Morgan fingerprint density at radius 2 is 1.72 bits per heavy atom. The first kappa shape index (κ1) is 17.6. The van der Waals surface area contributed by atoms with Crippen molar-refractivity contribution in [1.29, 1.82) is 0 Å². The second kappa shape index (κ2) is 7.85. The molecule has 2 aromatic heterocycles. The van der Waals surface area contributed by atoms with Crippen molar-refractivity contribution in [1.82, 2.24) is 25.1 Å². The molecule has 29 heavy (non-hydrogen) atoms. The van der Waals surface area contributed by atoms with E-state index < -0.39 is 0 Å². The van der Waals surface area contributed by atoms with Crippen molar-refractivity contribution < 1.29 is 4.74 Å². The number of rotatable bonds is 5. The third-order valence-corrected chi connectivity index (χ3v) is 5.14. The summed E-state index contributed by atoms with van der Waals surface area (Å²) >= 11 is 0. The summed E-state index contributed by atoms with van der Waals surface area (Å²) in [6, 6.07) is 20.6. The molecule has 3 heterocycles. The SMILES string of the molecule is c1ccc(-c2n[nH]c3c2CN(Cc2ccc(Oc4ncccn4)cc2)CC3)cc1. The number of hydrogen-bond donors (Lipinski definition) is 1. The third-order valence-electron chi connectivity index (χ3n) is 5.14. The topological polar surface area (TPSA) is 66.9 Å². The van der Waals surface area contributed by atoms with Crippen LogP contribution in [0, 0.1) is 0 Å². The Morgan fingerprint density at radius 1 is 0.931 bits per heavy atom. The second-order valence-electron chi connectivity index (χ2n) is 7.13. The van der Waals surface area contributed by atoms with Gasteiger partial charge in [-0.3, -0.25) is 10.00 Å². The molecule has 144 valence electrons. The zero-order valence-electron chi connectivity index (χ0n) is 16.0. The van der Waals surface area contributed by atoms with Crippen LogP contribution < -0.4 is 4.74 Å². The Morgan fingerprint density at radius 3 is 2.52 bits per heavy atom. The lowest BCUT2D eigenvalue weighted by Crippen LogP contribution is -2.29. The lowest BCUT2D eigenvalue weighted by atomic mass is 10.0. The predicted octanol–water partition coefficient (Wildman–Crippen LogP) is 4.22. The molecule has 0 aliphatic carbocycles. The van der Waals surface area contributed by atoms with Crippen LogP contribution in [-0.2, 0) is 19.5 Å². The second-order valence-corrected chi connectivity index (χ2v) is 7.13. The van der Waals surface area contributed by atoms with Crippen molar-refractivity contribution in [3.63, 3.8) is 0 Å². The number of H-pyrrole nitrogens is 1. The summed E-state index contributed by atoms with van der Waals surface area (Å²) in [6.45, 7) is 2.80. The first-order valence-electron chi connectivity index (χ1n) is 9.73.